The number of amides is 1. The Bertz CT molecular complexity index is 996. The molecule has 0 radical (unpaired) electrons. The molecule has 4 rings (SSSR count). The van der Waals surface area contributed by atoms with Crippen LogP contribution in [0.4, 0.5) is 0 Å². The molecule has 6 heteroatoms. The maximum atomic E-state index is 13.2. The third-order valence-electron chi connectivity index (χ3n) is 5.54. The highest BCUT2D eigenvalue weighted by molar-refractivity contribution is 7.89. The summed E-state index contributed by atoms with van der Waals surface area (Å²) in [4.78, 5) is 15.1. The predicted molar refractivity (Wildman–Crippen MR) is 104 cm³/mol. The molecule has 1 N–H and O–H groups in total. The normalized spacial score (nSPS) is 19.0. The van der Waals surface area contributed by atoms with Crippen molar-refractivity contribution >= 4 is 15.9 Å². The quantitative estimate of drug-likeness (QED) is 0.861. The highest BCUT2D eigenvalue weighted by Crippen LogP contribution is 2.36. The molecule has 142 valence electrons. The van der Waals surface area contributed by atoms with E-state index in [2.05, 4.69) is 16.9 Å². The Morgan fingerprint density at radius 3 is 2.59 bits per heavy atom. The first-order valence-corrected chi connectivity index (χ1v) is 10.8. The van der Waals surface area contributed by atoms with Crippen LogP contribution in [-0.4, -0.2) is 32.3 Å². The molecule has 1 amide bonds. The van der Waals surface area contributed by atoms with Gasteiger partial charge in [-0.3, -0.25) is 4.79 Å². The van der Waals surface area contributed by atoms with Gasteiger partial charge >= 0.3 is 0 Å². The number of nitrogens with one attached hydrogen (secondary N) is 1. The van der Waals surface area contributed by atoms with Crippen molar-refractivity contribution < 1.29 is 13.2 Å². The number of sulfonamides is 1. The zero-order chi connectivity index (χ0) is 19.2. The molecule has 2 aromatic rings. The number of hydrogen-bond donors (Lipinski definition) is 1. The Kier molecular flexibility index (Phi) is 4.56. The number of carbonyl (C=O) groups excluding carboxylic acids is 1. The molecule has 27 heavy (non-hydrogen) atoms. The van der Waals surface area contributed by atoms with Crippen molar-refractivity contribution in [1.29, 1.82) is 0 Å². The molecule has 0 saturated heterocycles. The molecule has 2 aliphatic rings. The van der Waals surface area contributed by atoms with Gasteiger partial charge in [0.25, 0.3) is 5.91 Å². The number of hydrogen-bond acceptors (Lipinski definition) is 3. The van der Waals surface area contributed by atoms with Gasteiger partial charge in [0.15, 0.2) is 0 Å². The molecule has 1 atom stereocenters. The SMILES string of the molecule is Cc1ccc(S(=O)(=O)NC2CC2)cc1C(=O)N(C)C1CCc2ccccc21. The molecule has 5 nitrogen and oxygen atoms in total. The number of benzene rings is 2. The highest BCUT2D eigenvalue weighted by atomic mass is 32.2. The van der Waals surface area contributed by atoms with Gasteiger partial charge in [-0.05, 0) is 61.4 Å². The molecule has 2 aromatic carbocycles. The van der Waals surface area contributed by atoms with Gasteiger partial charge in [0.05, 0.1) is 10.9 Å². The van der Waals surface area contributed by atoms with Crippen LogP contribution in [0.3, 0.4) is 0 Å². The lowest BCUT2D eigenvalue weighted by Crippen LogP contribution is -2.31. The Morgan fingerprint density at radius 2 is 1.85 bits per heavy atom. The summed E-state index contributed by atoms with van der Waals surface area (Å²) in [5, 5.41) is 0. The van der Waals surface area contributed by atoms with Crippen molar-refractivity contribution in [3.05, 3.63) is 64.7 Å². The molecule has 0 spiro atoms. The van der Waals surface area contributed by atoms with Gasteiger partial charge in [-0.2, -0.15) is 0 Å². The second-order valence-electron chi connectivity index (χ2n) is 7.54. The zero-order valence-corrected chi connectivity index (χ0v) is 16.4. The molecule has 0 bridgehead atoms. The Labute approximate surface area is 160 Å². The first kappa shape index (κ1) is 18.2. The second-order valence-corrected chi connectivity index (χ2v) is 9.26. The molecular weight excluding hydrogens is 360 g/mol. The number of aryl methyl sites for hydroxylation is 2. The summed E-state index contributed by atoms with van der Waals surface area (Å²) >= 11 is 0. The smallest absolute Gasteiger partial charge is 0.254 e. The second kappa shape index (κ2) is 6.77. The molecule has 1 unspecified atom stereocenters. The fraction of sp³-hybridized carbons (Fsp3) is 0.381. The predicted octanol–water partition coefficient (Wildman–Crippen LogP) is 3.20. The van der Waals surface area contributed by atoms with Crippen LogP contribution in [0.5, 0.6) is 0 Å². The standard InChI is InChI=1S/C21H24N2O3S/c1-14-7-11-17(27(25,26)22-16-9-10-16)13-19(14)21(24)23(2)20-12-8-15-5-3-4-6-18(15)20/h3-7,11,13,16,20,22H,8-10,12H2,1-2H3. The van der Waals surface area contributed by atoms with Gasteiger partial charge in [-0.15, -0.1) is 0 Å². The monoisotopic (exact) mass is 384 g/mol. The van der Waals surface area contributed by atoms with E-state index in [0.717, 1.165) is 31.2 Å². The largest absolute Gasteiger partial charge is 0.335 e. The first-order chi connectivity index (χ1) is 12.9. The van der Waals surface area contributed by atoms with Crippen LogP contribution >= 0.6 is 0 Å². The van der Waals surface area contributed by atoms with Crippen LogP contribution in [0.25, 0.3) is 0 Å². The Morgan fingerprint density at radius 1 is 1.11 bits per heavy atom. The maximum absolute atomic E-state index is 13.2. The van der Waals surface area contributed by atoms with Crippen molar-refractivity contribution in [1.82, 2.24) is 9.62 Å². The lowest BCUT2D eigenvalue weighted by molar-refractivity contribution is 0.0729. The van der Waals surface area contributed by atoms with Crippen LogP contribution < -0.4 is 4.72 Å². The number of carbonyl (C=O) groups is 1. The number of rotatable bonds is 5. The third kappa shape index (κ3) is 3.51. The number of nitrogens with zero attached hydrogens (tertiary/aromatic N) is 1. The summed E-state index contributed by atoms with van der Waals surface area (Å²) in [7, 11) is -1.78. The van der Waals surface area contributed by atoms with E-state index in [0.29, 0.717) is 5.56 Å². The van der Waals surface area contributed by atoms with E-state index < -0.39 is 10.0 Å². The number of fused-ring (bicyclic) bond motifs is 1. The van der Waals surface area contributed by atoms with Crippen LogP contribution in [0, 0.1) is 6.92 Å². The van der Waals surface area contributed by atoms with E-state index in [-0.39, 0.29) is 22.9 Å². The fourth-order valence-corrected chi connectivity index (χ4v) is 5.09. The topological polar surface area (TPSA) is 66.5 Å². The lowest BCUT2D eigenvalue weighted by atomic mass is 10.0. The molecule has 2 aliphatic carbocycles. The molecule has 1 saturated carbocycles. The molecule has 0 aliphatic heterocycles. The van der Waals surface area contributed by atoms with Crippen LogP contribution in [0.1, 0.15) is 52.4 Å². The van der Waals surface area contributed by atoms with Crippen LogP contribution in [0.15, 0.2) is 47.4 Å². The molecular formula is C21H24N2O3S. The van der Waals surface area contributed by atoms with Gasteiger partial charge in [-0.1, -0.05) is 30.3 Å². The minimum absolute atomic E-state index is 0.0259. The van der Waals surface area contributed by atoms with E-state index in [1.165, 1.54) is 17.2 Å². The summed E-state index contributed by atoms with van der Waals surface area (Å²) in [6.45, 7) is 1.84. The van der Waals surface area contributed by atoms with Crippen molar-refractivity contribution in [3.8, 4) is 0 Å². The van der Waals surface area contributed by atoms with E-state index in [9.17, 15) is 13.2 Å². The average Bonchev–Trinajstić information content (AvgIpc) is 3.34. The third-order valence-corrected chi connectivity index (χ3v) is 7.06. The average molecular weight is 385 g/mol. The minimum atomic E-state index is -3.58. The van der Waals surface area contributed by atoms with E-state index in [1.807, 2.05) is 19.1 Å². The van der Waals surface area contributed by atoms with E-state index >= 15 is 0 Å². The molecule has 1 fully saturated rings. The Balaban J connectivity index is 1.63. The van der Waals surface area contributed by atoms with E-state index in [4.69, 9.17) is 0 Å². The molecule has 0 aromatic heterocycles. The molecule has 0 heterocycles. The van der Waals surface area contributed by atoms with Gasteiger partial charge in [0, 0.05) is 18.7 Å². The van der Waals surface area contributed by atoms with Gasteiger partial charge in [-0.25, -0.2) is 13.1 Å². The summed E-state index contributed by atoms with van der Waals surface area (Å²) in [6.07, 6.45) is 3.60. The lowest BCUT2D eigenvalue weighted by Gasteiger charge is -2.26. The maximum Gasteiger partial charge on any atom is 0.254 e. The van der Waals surface area contributed by atoms with Gasteiger partial charge < -0.3 is 4.90 Å². The minimum Gasteiger partial charge on any atom is -0.335 e. The summed E-state index contributed by atoms with van der Waals surface area (Å²) in [6, 6.07) is 13.1. The van der Waals surface area contributed by atoms with E-state index in [1.54, 1.807) is 24.1 Å². The van der Waals surface area contributed by atoms with Crippen molar-refractivity contribution in [2.45, 2.75) is 49.6 Å². The Hall–Kier alpha value is -2.18. The summed E-state index contributed by atoms with van der Waals surface area (Å²) < 4.78 is 27.7. The summed E-state index contributed by atoms with van der Waals surface area (Å²) in [5.74, 6) is -0.141. The van der Waals surface area contributed by atoms with Gasteiger partial charge in [0.1, 0.15) is 0 Å². The highest BCUT2D eigenvalue weighted by Gasteiger charge is 2.31. The zero-order valence-electron chi connectivity index (χ0n) is 15.6. The van der Waals surface area contributed by atoms with Crippen molar-refractivity contribution in [2.24, 2.45) is 0 Å². The van der Waals surface area contributed by atoms with Crippen molar-refractivity contribution in [2.75, 3.05) is 7.05 Å². The van der Waals surface area contributed by atoms with Crippen LogP contribution in [-0.2, 0) is 16.4 Å². The van der Waals surface area contributed by atoms with Gasteiger partial charge in [0.2, 0.25) is 10.0 Å². The van der Waals surface area contributed by atoms with Crippen molar-refractivity contribution in [3.63, 3.8) is 0 Å². The fourth-order valence-electron chi connectivity index (χ4n) is 3.76. The van der Waals surface area contributed by atoms with Crippen LogP contribution in [0.2, 0.25) is 0 Å². The summed E-state index contributed by atoms with van der Waals surface area (Å²) in [5.41, 5.74) is 3.69. The first-order valence-electron chi connectivity index (χ1n) is 9.35.